The van der Waals surface area contributed by atoms with Gasteiger partial charge >= 0.3 is 0 Å². The maximum Gasteiger partial charge on any atom is 0.257 e. The second kappa shape index (κ2) is 13.8. The van der Waals surface area contributed by atoms with Crippen molar-refractivity contribution in [1.82, 2.24) is 4.98 Å². The molecule has 2 heterocycles. The van der Waals surface area contributed by atoms with Gasteiger partial charge in [0.2, 0.25) is 5.91 Å². The first-order valence-electron chi connectivity index (χ1n) is 13.7. The predicted molar refractivity (Wildman–Crippen MR) is 163 cm³/mol. The molecule has 9 heteroatoms. The van der Waals surface area contributed by atoms with E-state index in [1.807, 2.05) is 72.8 Å². The Bertz CT molecular complexity index is 1500. The quantitative estimate of drug-likeness (QED) is 0.197. The van der Waals surface area contributed by atoms with Crippen molar-refractivity contribution in [3.8, 4) is 0 Å². The van der Waals surface area contributed by atoms with Gasteiger partial charge in [0.15, 0.2) is 6.29 Å². The van der Waals surface area contributed by atoms with Crippen molar-refractivity contribution < 1.29 is 24.2 Å². The van der Waals surface area contributed by atoms with Crippen LogP contribution in [-0.2, 0) is 20.9 Å². The molecule has 0 saturated carbocycles. The molecular formula is C33H33N3O5S. The second-order valence-corrected chi connectivity index (χ2v) is 11.3. The van der Waals surface area contributed by atoms with Gasteiger partial charge in [0.05, 0.1) is 24.4 Å². The lowest BCUT2D eigenvalue weighted by Crippen LogP contribution is -2.38. The van der Waals surface area contributed by atoms with Gasteiger partial charge in [-0.15, -0.1) is 11.8 Å². The van der Waals surface area contributed by atoms with Crippen LogP contribution in [0.5, 0.6) is 0 Å². The summed E-state index contributed by atoms with van der Waals surface area (Å²) in [6, 6.07) is 26.5. The first-order chi connectivity index (χ1) is 20.4. The number of carbonyl (C=O) groups excluding carboxylic acids is 2. The number of aliphatic hydroxyl groups excluding tert-OH is 1. The molecule has 8 nitrogen and oxygen atoms in total. The van der Waals surface area contributed by atoms with E-state index >= 15 is 0 Å². The molecule has 2 amide bonds. The van der Waals surface area contributed by atoms with E-state index in [9.17, 15) is 14.7 Å². The number of nitrogens with one attached hydrogen (secondary N) is 2. The van der Waals surface area contributed by atoms with Gasteiger partial charge in [-0.3, -0.25) is 14.6 Å². The number of nitrogens with zero attached hydrogens (tertiary/aromatic N) is 1. The Balaban J connectivity index is 1.36. The van der Waals surface area contributed by atoms with Crippen LogP contribution in [0.1, 0.15) is 53.3 Å². The third-order valence-corrected chi connectivity index (χ3v) is 8.15. The SMILES string of the molecule is CC(=O)Nc1ccc(SC[C@@H]2O[C@H](c3cccc(NC(=O)c4cccnc4)c3)O[C@H](c3ccc(CO)cc3)[C@@H]2C)cc1. The Kier molecular flexibility index (Phi) is 9.66. The van der Waals surface area contributed by atoms with Gasteiger partial charge in [0.1, 0.15) is 0 Å². The molecule has 0 aliphatic carbocycles. The maximum atomic E-state index is 12.7. The number of anilines is 2. The lowest BCUT2D eigenvalue weighted by atomic mass is 9.91. The summed E-state index contributed by atoms with van der Waals surface area (Å²) < 4.78 is 13.1. The molecule has 1 aliphatic heterocycles. The van der Waals surface area contributed by atoms with Crippen molar-refractivity contribution in [3.63, 3.8) is 0 Å². The largest absolute Gasteiger partial charge is 0.392 e. The first-order valence-corrected chi connectivity index (χ1v) is 14.7. The molecule has 1 aliphatic rings. The molecule has 1 fully saturated rings. The van der Waals surface area contributed by atoms with Crippen molar-refractivity contribution in [1.29, 1.82) is 0 Å². The van der Waals surface area contributed by atoms with Crippen molar-refractivity contribution in [2.24, 2.45) is 5.92 Å². The van der Waals surface area contributed by atoms with Crippen LogP contribution in [0.2, 0.25) is 0 Å². The fourth-order valence-corrected chi connectivity index (χ4v) is 5.86. The Labute approximate surface area is 249 Å². The molecular weight excluding hydrogens is 550 g/mol. The number of thioether (sulfide) groups is 1. The number of pyridine rings is 1. The lowest BCUT2D eigenvalue weighted by Gasteiger charge is -2.41. The molecule has 5 rings (SSSR count). The van der Waals surface area contributed by atoms with E-state index in [-0.39, 0.29) is 36.5 Å². The molecule has 0 radical (unpaired) electrons. The average molecular weight is 584 g/mol. The van der Waals surface area contributed by atoms with Gasteiger partial charge in [0, 0.05) is 52.8 Å². The summed E-state index contributed by atoms with van der Waals surface area (Å²) in [4.78, 5) is 29.2. The van der Waals surface area contributed by atoms with E-state index in [4.69, 9.17) is 9.47 Å². The number of aromatic nitrogens is 1. The zero-order valence-corrected chi connectivity index (χ0v) is 24.2. The van der Waals surface area contributed by atoms with Crippen molar-refractivity contribution in [3.05, 3.63) is 120 Å². The fraction of sp³-hybridized carbons (Fsp3) is 0.242. The molecule has 216 valence electrons. The van der Waals surface area contributed by atoms with Crippen LogP contribution < -0.4 is 10.6 Å². The number of carbonyl (C=O) groups is 2. The molecule has 0 unspecified atom stereocenters. The molecule has 3 aromatic carbocycles. The van der Waals surface area contributed by atoms with Crippen molar-refractivity contribution >= 4 is 35.0 Å². The van der Waals surface area contributed by atoms with E-state index in [0.717, 1.165) is 27.3 Å². The summed E-state index contributed by atoms with van der Waals surface area (Å²) >= 11 is 1.68. The van der Waals surface area contributed by atoms with Crippen molar-refractivity contribution in [2.75, 3.05) is 16.4 Å². The summed E-state index contributed by atoms with van der Waals surface area (Å²) in [5, 5.41) is 15.2. The fourth-order valence-electron chi connectivity index (χ4n) is 4.79. The van der Waals surface area contributed by atoms with Gasteiger partial charge < -0.3 is 25.2 Å². The maximum absolute atomic E-state index is 12.7. The van der Waals surface area contributed by atoms with E-state index in [0.29, 0.717) is 17.0 Å². The minimum atomic E-state index is -0.660. The van der Waals surface area contributed by atoms with Gasteiger partial charge in [0.25, 0.3) is 5.91 Å². The minimum absolute atomic E-state index is 0.0232. The smallest absolute Gasteiger partial charge is 0.257 e. The van der Waals surface area contributed by atoms with Gasteiger partial charge in [-0.25, -0.2) is 0 Å². The zero-order valence-electron chi connectivity index (χ0n) is 23.4. The van der Waals surface area contributed by atoms with Gasteiger partial charge in [-0.05, 0) is 59.7 Å². The second-order valence-electron chi connectivity index (χ2n) is 10.2. The highest BCUT2D eigenvalue weighted by Gasteiger charge is 2.38. The standard InChI is InChI=1S/C33H33N3O5S/c1-21-30(20-42-29-14-12-27(13-15-29)35-22(2)38)40-33(41-31(21)24-10-8-23(19-37)9-11-24)25-5-3-7-28(17-25)36-32(39)26-6-4-16-34-18-26/h3-18,21,30-31,33,37H,19-20H2,1-2H3,(H,35,38)(H,36,39)/t21-,30+,31+,33+/m1/s1. The number of aliphatic hydroxyl groups is 1. The summed E-state index contributed by atoms with van der Waals surface area (Å²) in [6.07, 6.45) is 2.08. The lowest BCUT2D eigenvalue weighted by molar-refractivity contribution is -0.268. The topological polar surface area (TPSA) is 110 Å². The average Bonchev–Trinajstić information content (AvgIpc) is 3.01. The molecule has 4 aromatic rings. The highest BCUT2D eigenvalue weighted by molar-refractivity contribution is 7.99. The van der Waals surface area contributed by atoms with Crippen molar-refractivity contribution in [2.45, 2.75) is 43.8 Å². The highest BCUT2D eigenvalue weighted by atomic mass is 32.2. The van der Waals surface area contributed by atoms with Crippen LogP contribution in [0.15, 0.2) is 102 Å². The van der Waals surface area contributed by atoms with E-state index in [1.54, 1.807) is 30.1 Å². The molecule has 4 atom stereocenters. The number of hydrogen-bond donors (Lipinski definition) is 3. The van der Waals surface area contributed by atoms with Crippen LogP contribution in [-0.4, -0.2) is 33.8 Å². The van der Waals surface area contributed by atoms with Gasteiger partial charge in [-0.1, -0.05) is 43.3 Å². The number of rotatable bonds is 9. The molecule has 3 N–H and O–H groups in total. The van der Waals surface area contributed by atoms with E-state index < -0.39 is 6.29 Å². The Morgan fingerprint density at radius 1 is 0.905 bits per heavy atom. The van der Waals surface area contributed by atoms with E-state index in [1.165, 1.54) is 13.1 Å². The Morgan fingerprint density at radius 2 is 1.69 bits per heavy atom. The zero-order chi connectivity index (χ0) is 29.5. The first kappa shape index (κ1) is 29.5. The molecule has 1 saturated heterocycles. The minimum Gasteiger partial charge on any atom is -0.392 e. The number of benzene rings is 3. The number of hydrogen-bond acceptors (Lipinski definition) is 7. The third kappa shape index (κ3) is 7.43. The Morgan fingerprint density at radius 3 is 2.38 bits per heavy atom. The van der Waals surface area contributed by atoms with Gasteiger partial charge in [-0.2, -0.15) is 0 Å². The third-order valence-electron chi connectivity index (χ3n) is 7.05. The molecule has 0 bridgehead atoms. The summed E-state index contributed by atoms with van der Waals surface area (Å²) in [6.45, 7) is 3.59. The molecule has 0 spiro atoms. The van der Waals surface area contributed by atoms with Crippen LogP contribution in [0.25, 0.3) is 0 Å². The summed E-state index contributed by atoms with van der Waals surface area (Å²) in [7, 11) is 0. The highest BCUT2D eigenvalue weighted by Crippen LogP contribution is 2.43. The van der Waals surface area contributed by atoms with Crippen LogP contribution in [0, 0.1) is 5.92 Å². The molecule has 42 heavy (non-hydrogen) atoms. The Hall–Kier alpha value is -4.02. The molecule has 1 aromatic heterocycles. The van der Waals surface area contributed by atoms with Crippen LogP contribution in [0.4, 0.5) is 11.4 Å². The number of amides is 2. The number of ether oxygens (including phenoxy) is 2. The summed E-state index contributed by atoms with van der Waals surface area (Å²) in [5.41, 5.74) is 4.48. The van der Waals surface area contributed by atoms with E-state index in [2.05, 4.69) is 22.5 Å². The normalized spacial score (nSPS) is 20.1. The predicted octanol–water partition coefficient (Wildman–Crippen LogP) is 6.37. The monoisotopic (exact) mass is 583 g/mol. The van der Waals surface area contributed by atoms with Crippen LogP contribution >= 0.6 is 11.8 Å². The van der Waals surface area contributed by atoms with Crippen LogP contribution in [0.3, 0.4) is 0 Å². The summed E-state index contributed by atoms with van der Waals surface area (Å²) in [5.74, 6) is 0.355.